The van der Waals surface area contributed by atoms with Crippen LogP contribution < -0.4 is 5.32 Å². The molecule has 15 heavy (non-hydrogen) atoms. The molecular formula is C10H14BrNO2S. The second kappa shape index (κ2) is 6.25. The molecule has 0 aliphatic heterocycles. The Morgan fingerprint density at radius 2 is 2.47 bits per heavy atom. The van der Waals surface area contributed by atoms with Crippen LogP contribution >= 0.6 is 27.3 Å². The van der Waals surface area contributed by atoms with E-state index in [1.165, 1.54) is 11.3 Å². The van der Waals surface area contributed by atoms with Crippen LogP contribution in [0.5, 0.6) is 0 Å². The van der Waals surface area contributed by atoms with E-state index >= 15 is 0 Å². The molecule has 1 heterocycles. The van der Waals surface area contributed by atoms with Crippen LogP contribution in [-0.4, -0.2) is 23.7 Å². The molecule has 1 unspecified atom stereocenters. The highest BCUT2D eigenvalue weighted by Gasteiger charge is 2.13. The Morgan fingerprint density at radius 1 is 1.73 bits per heavy atom. The molecule has 0 bridgehead atoms. The summed E-state index contributed by atoms with van der Waals surface area (Å²) in [6.07, 6.45) is 1.51. The smallest absolute Gasteiger partial charge is 0.262 e. The van der Waals surface area contributed by atoms with Gasteiger partial charge in [-0.05, 0) is 47.1 Å². The molecule has 0 aliphatic rings. The van der Waals surface area contributed by atoms with Crippen molar-refractivity contribution < 1.29 is 9.90 Å². The minimum absolute atomic E-state index is 0.0534. The monoisotopic (exact) mass is 291 g/mol. The number of nitrogens with one attached hydrogen (secondary N) is 1. The molecule has 0 aromatic carbocycles. The third kappa shape index (κ3) is 3.93. The maximum absolute atomic E-state index is 11.7. The number of aliphatic hydroxyl groups is 1. The lowest BCUT2D eigenvalue weighted by Gasteiger charge is -2.12. The molecule has 1 aromatic rings. The number of hydrogen-bond acceptors (Lipinski definition) is 3. The fourth-order valence-electron chi connectivity index (χ4n) is 1.21. The molecule has 0 radical (unpaired) electrons. The summed E-state index contributed by atoms with van der Waals surface area (Å²) in [6.45, 7) is 2.11. The molecule has 1 aromatic heterocycles. The standard InChI is InChI=1S/C10H14BrNO2S/c1-7(3-2-5-13)12-10(14)9-8(11)4-6-15-9/h4,6-7,13H,2-3,5H2,1H3,(H,12,14). The fourth-order valence-corrected chi connectivity index (χ4v) is 2.67. The average molecular weight is 292 g/mol. The van der Waals surface area contributed by atoms with E-state index in [1.54, 1.807) is 0 Å². The van der Waals surface area contributed by atoms with E-state index < -0.39 is 0 Å². The van der Waals surface area contributed by atoms with E-state index in [0.29, 0.717) is 11.3 Å². The zero-order valence-corrected chi connectivity index (χ0v) is 10.9. The normalized spacial score (nSPS) is 12.5. The van der Waals surface area contributed by atoms with E-state index in [1.807, 2.05) is 18.4 Å². The summed E-state index contributed by atoms with van der Waals surface area (Å²) >= 11 is 4.73. The van der Waals surface area contributed by atoms with Crippen molar-refractivity contribution in [1.82, 2.24) is 5.32 Å². The van der Waals surface area contributed by atoms with Gasteiger partial charge in [-0.25, -0.2) is 0 Å². The first-order valence-corrected chi connectivity index (χ1v) is 6.47. The van der Waals surface area contributed by atoms with Crippen molar-refractivity contribution in [2.24, 2.45) is 0 Å². The summed E-state index contributed by atoms with van der Waals surface area (Å²) in [4.78, 5) is 12.4. The first kappa shape index (κ1) is 12.7. The lowest BCUT2D eigenvalue weighted by Crippen LogP contribution is -2.32. The zero-order valence-electron chi connectivity index (χ0n) is 8.50. The van der Waals surface area contributed by atoms with Crippen LogP contribution in [0.1, 0.15) is 29.4 Å². The maximum atomic E-state index is 11.7. The van der Waals surface area contributed by atoms with Gasteiger partial charge in [0.05, 0.1) is 0 Å². The van der Waals surface area contributed by atoms with Gasteiger partial charge in [0.15, 0.2) is 0 Å². The Kier molecular flexibility index (Phi) is 5.28. The number of amides is 1. The van der Waals surface area contributed by atoms with Crippen LogP contribution in [0.3, 0.4) is 0 Å². The summed E-state index contributed by atoms with van der Waals surface area (Å²) in [5, 5.41) is 13.4. The SMILES string of the molecule is CC(CCCO)NC(=O)c1sccc1Br. The molecular weight excluding hydrogens is 278 g/mol. The van der Waals surface area contributed by atoms with Gasteiger partial charge in [0.25, 0.3) is 5.91 Å². The number of halogens is 1. The predicted molar refractivity (Wildman–Crippen MR) is 65.3 cm³/mol. The molecule has 1 atom stereocenters. The van der Waals surface area contributed by atoms with Crippen LogP contribution in [0.4, 0.5) is 0 Å². The van der Waals surface area contributed by atoms with Gasteiger partial charge in [-0.2, -0.15) is 0 Å². The maximum Gasteiger partial charge on any atom is 0.262 e. The number of carbonyl (C=O) groups excluding carboxylic acids is 1. The highest BCUT2D eigenvalue weighted by molar-refractivity contribution is 9.10. The highest BCUT2D eigenvalue weighted by atomic mass is 79.9. The second-order valence-electron chi connectivity index (χ2n) is 3.34. The third-order valence-corrected chi connectivity index (χ3v) is 3.83. The van der Waals surface area contributed by atoms with Crippen LogP contribution in [0.25, 0.3) is 0 Å². The van der Waals surface area contributed by atoms with Crippen molar-refractivity contribution in [1.29, 1.82) is 0 Å². The summed E-state index contributed by atoms with van der Waals surface area (Å²) < 4.78 is 0.833. The van der Waals surface area contributed by atoms with Gasteiger partial charge in [0.1, 0.15) is 4.88 Å². The van der Waals surface area contributed by atoms with Crippen molar-refractivity contribution in [3.8, 4) is 0 Å². The number of hydrogen-bond donors (Lipinski definition) is 2. The van der Waals surface area contributed by atoms with Crippen molar-refractivity contribution in [2.45, 2.75) is 25.8 Å². The predicted octanol–water partition coefficient (Wildman–Crippen LogP) is 2.40. The van der Waals surface area contributed by atoms with Gasteiger partial charge in [0.2, 0.25) is 0 Å². The molecule has 0 spiro atoms. The van der Waals surface area contributed by atoms with Crippen molar-refractivity contribution in [2.75, 3.05) is 6.61 Å². The first-order valence-electron chi connectivity index (χ1n) is 4.80. The Morgan fingerprint density at radius 3 is 3.00 bits per heavy atom. The second-order valence-corrected chi connectivity index (χ2v) is 5.11. The summed E-state index contributed by atoms with van der Waals surface area (Å²) in [5.41, 5.74) is 0. The van der Waals surface area contributed by atoms with E-state index in [4.69, 9.17) is 5.11 Å². The van der Waals surface area contributed by atoms with Gasteiger partial charge >= 0.3 is 0 Å². The number of carbonyl (C=O) groups is 1. The van der Waals surface area contributed by atoms with Gasteiger partial charge in [-0.15, -0.1) is 11.3 Å². The molecule has 0 saturated carbocycles. The first-order chi connectivity index (χ1) is 7.15. The van der Waals surface area contributed by atoms with Crippen molar-refractivity contribution in [3.05, 3.63) is 20.8 Å². The largest absolute Gasteiger partial charge is 0.396 e. The minimum Gasteiger partial charge on any atom is -0.396 e. The third-order valence-electron chi connectivity index (χ3n) is 2.00. The average Bonchev–Trinajstić information content (AvgIpc) is 2.61. The van der Waals surface area contributed by atoms with Gasteiger partial charge in [-0.3, -0.25) is 4.79 Å². The van der Waals surface area contributed by atoms with E-state index in [2.05, 4.69) is 21.2 Å². The Hall–Kier alpha value is -0.390. The summed E-state index contributed by atoms with van der Waals surface area (Å²) in [7, 11) is 0. The zero-order chi connectivity index (χ0) is 11.3. The molecule has 84 valence electrons. The molecule has 5 heteroatoms. The highest BCUT2D eigenvalue weighted by Crippen LogP contribution is 2.22. The number of thiophene rings is 1. The van der Waals surface area contributed by atoms with E-state index in [0.717, 1.165) is 10.9 Å². The summed E-state index contributed by atoms with van der Waals surface area (Å²) in [5.74, 6) is -0.0534. The van der Waals surface area contributed by atoms with E-state index in [-0.39, 0.29) is 18.6 Å². The molecule has 0 fully saturated rings. The molecule has 0 aliphatic carbocycles. The molecule has 3 nitrogen and oxygen atoms in total. The van der Waals surface area contributed by atoms with Gasteiger partial charge < -0.3 is 10.4 Å². The Balaban J connectivity index is 2.46. The molecule has 1 rings (SSSR count). The van der Waals surface area contributed by atoms with Crippen LogP contribution in [0.15, 0.2) is 15.9 Å². The van der Waals surface area contributed by atoms with E-state index in [9.17, 15) is 4.79 Å². The number of rotatable bonds is 5. The Bertz CT molecular complexity index is 327. The fraction of sp³-hybridized carbons (Fsp3) is 0.500. The summed E-state index contributed by atoms with van der Waals surface area (Å²) in [6, 6.07) is 1.96. The van der Waals surface area contributed by atoms with Crippen LogP contribution in [-0.2, 0) is 0 Å². The van der Waals surface area contributed by atoms with Crippen LogP contribution in [0.2, 0.25) is 0 Å². The lowest BCUT2D eigenvalue weighted by atomic mass is 10.2. The molecule has 1 amide bonds. The Labute approximate surface area is 102 Å². The quantitative estimate of drug-likeness (QED) is 0.875. The molecule has 2 N–H and O–H groups in total. The number of aliphatic hydroxyl groups excluding tert-OH is 1. The van der Waals surface area contributed by atoms with Gasteiger partial charge in [0, 0.05) is 17.1 Å². The lowest BCUT2D eigenvalue weighted by molar-refractivity contribution is 0.0940. The topological polar surface area (TPSA) is 49.3 Å². The van der Waals surface area contributed by atoms with Gasteiger partial charge in [-0.1, -0.05) is 0 Å². The van der Waals surface area contributed by atoms with Crippen molar-refractivity contribution in [3.63, 3.8) is 0 Å². The van der Waals surface area contributed by atoms with Crippen LogP contribution in [0, 0.1) is 0 Å². The van der Waals surface area contributed by atoms with Crippen molar-refractivity contribution >= 4 is 33.2 Å². The molecule has 0 saturated heterocycles. The minimum atomic E-state index is -0.0534.